The van der Waals surface area contributed by atoms with Gasteiger partial charge in [0.25, 0.3) is 5.91 Å². The van der Waals surface area contributed by atoms with Crippen LogP contribution in [0.3, 0.4) is 0 Å². The van der Waals surface area contributed by atoms with Crippen molar-refractivity contribution in [2.24, 2.45) is 5.92 Å². The van der Waals surface area contributed by atoms with E-state index in [0.29, 0.717) is 36.7 Å². The number of nitrogens with zero attached hydrogens (tertiary/aromatic N) is 2. The van der Waals surface area contributed by atoms with E-state index in [-0.39, 0.29) is 17.7 Å². The number of nitrogens with two attached hydrogens (primary N) is 1. The van der Waals surface area contributed by atoms with E-state index in [0.717, 1.165) is 0 Å². The Labute approximate surface area is 117 Å². The predicted octanol–water partition coefficient (Wildman–Crippen LogP) is 1.27. The number of amides is 2. The molecular formula is C13H19N3O2S. The van der Waals surface area contributed by atoms with E-state index < -0.39 is 0 Å². The summed E-state index contributed by atoms with van der Waals surface area (Å²) in [5, 5.41) is 1.82. The standard InChI is InChI=1S/C13H19N3O2S/c1-9(2)12(17)15-4-6-16(7-5-15)13(18)11-10(14)3-8-19-11/h3,8-9H,4-7,14H2,1-2H3. The van der Waals surface area contributed by atoms with Crippen LogP contribution in [0.5, 0.6) is 0 Å². The molecule has 2 amide bonds. The number of nitrogen functional groups attached to an aromatic ring is 1. The van der Waals surface area contributed by atoms with Crippen molar-refractivity contribution in [1.82, 2.24) is 9.80 Å². The van der Waals surface area contributed by atoms with Crippen molar-refractivity contribution in [3.63, 3.8) is 0 Å². The van der Waals surface area contributed by atoms with Crippen molar-refractivity contribution in [3.8, 4) is 0 Å². The lowest BCUT2D eigenvalue weighted by Crippen LogP contribution is -2.51. The van der Waals surface area contributed by atoms with E-state index in [1.165, 1.54) is 11.3 Å². The van der Waals surface area contributed by atoms with Crippen LogP contribution in [0, 0.1) is 5.92 Å². The van der Waals surface area contributed by atoms with Crippen LogP contribution >= 0.6 is 11.3 Å². The lowest BCUT2D eigenvalue weighted by atomic mass is 10.1. The fraction of sp³-hybridized carbons (Fsp3) is 0.538. The number of hydrogen-bond acceptors (Lipinski definition) is 4. The molecule has 0 aromatic carbocycles. The Morgan fingerprint density at radius 3 is 2.26 bits per heavy atom. The number of anilines is 1. The van der Waals surface area contributed by atoms with E-state index in [9.17, 15) is 9.59 Å². The van der Waals surface area contributed by atoms with Crippen LogP contribution < -0.4 is 5.73 Å². The SMILES string of the molecule is CC(C)C(=O)N1CCN(C(=O)c2sccc2N)CC1. The van der Waals surface area contributed by atoms with Gasteiger partial charge in [-0.2, -0.15) is 0 Å². The number of rotatable bonds is 2. The average molecular weight is 281 g/mol. The molecule has 0 aliphatic carbocycles. The highest BCUT2D eigenvalue weighted by Crippen LogP contribution is 2.21. The molecule has 0 bridgehead atoms. The minimum absolute atomic E-state index is 0.00944. The molecule has 1 aromatic heterocycles. The molecule has 1 aliphatic rings. The molecule has 0 saturated carbocycles. The Bertz CT molecular complexity index is 476. The lowest BCUT2D eigenvalue weighted by Gasteiger charge is -2.35. The molecule has 1 aromatic rings. The van der Waals surface area contributed by atoms with E-state index in [1.54, 1.807) is 11.0 Å². The second-order valence-electron chi connectivity index (χ2n) is 4.98. The summed E-state index contributed by atoms with van der Waals surface area (Å²) >= 11 is 1.37. The molecule has 2 rings (SSSR count). The third kappa shape index (κ3) is 2.89. The molecule has 1 aliphatic heterocycles. The van der Waals surface area contributed by atoms with E-state index in [2.05, 4.69) is 0 Å². The van der Waals surface area contributed by atoms with Crippen molar-refractivity contribution in [1.29, 1.82) is 0 Å². The van der Waals surface area contributed by atoms with Gasteiger partial charge in [-0.05, 0) is 11.4 Å². The first-order valence-corrected chi connectivity index (χ1v) is 7.29. The molecule has 5 nitrogen and oxygen atoms in total. The third-order valence-corrected chi connectivity index (χ3v) is 4.18. The summed E-state index contributed by atoms with van der Waals surface area (Å²) in [6.45, 7) is 6.16. The third-order valence-electron chi connectivity index (χ3n) is 3.26. The van der Waals surface area contributed by atoms with Gasteiger partial charge < -0.3 is 15.5 Å². The minimum Gasteiger partial charge on any atom is -0.397 e. The molecule has 1 saturated heterocycles. The first-order valence-electron chi connectivity index (χ1n) is 6.41. The molecule has 0 atom stereocenters. The van der Waals surface area contributed by atoms with Gasteiger partial charge in [0.15, 0.2) is 0 Å². The Balaban J connectivity index is 1.95. The largest absolute Gasteiger partial charge is 0.397 e. The van der Waals surface area contributed by atoms with Crippen molar-refractivity contribution in [3.05, 3.63) is 16.3 Å². The van der Waals surface area contributed by atoms with Crippen LogP contribution in [0.25, 0.3) is 0 Å². The van der Waals surface area contributed by atoms with Gasteiger partial charge in [-0.25, -0.2) is 0 Å². The molecule has 104 valence electrons. The van der Waals surface area contributed by atoms with Crippen molar-refractivity contribution in [2.45, 2.75) is 13.8 Å². The van der Waals surface area contributed by atoms with Crippen LogP contribution in [0.2, 0.25) is 0 Å². The Morgan fingerprint density at radius 2 is 1.79 bits per heavy atom. The molecule has 19 heavy (non-hydrogen) atoms. The van der Waals surface area contributed by atoms with Crippen molar-refractivity contribution >= 4 is 28.8 Å². The van der Waals surface area contributed by atoms with Crippen molar-refractivity contribution < 1.29 is 9.59 Å². The van der Waals surface area contributed by atoms with E-state index >= 15 is 0 Å². The van der Waals surface area contributed by atoms with Gasteiger partial charge in [0.1, 0.15) is 4.88 Å². The number of carbonyl (C=O) groups is 2. The first-order chi connectivity index (χ1) is 9.00. The van der Waals surface area contributed by atoms with Crippen LogP contribution in [-0.2, 0) is 4.79 Å². The predicted molar refractivity (Wildman–Crippen MR) is 76.1 cm³/mol. The van der Waals surface area contributed by atoms with Gasteiger partial charge in [0.05, 0.1) is 5.69 Å². The number of piperazine rings is 1. The normalized spacial score (nSPS) is 15.9. The van der Waals surface area contributed by atoms with Crippen LogP contribution in [0.4, 0.5) is 5.69 Å². The van der Waals surface area contributed by atoms with E-state index in [1.807, 2.05) is 24.1 Å². The number of hydrogen-bond donors (Lipinski definition) is 1. The maximum Gasteiger partial charge on any atom is 0.266 e. The summed E-state index contributed by atoms with van der Waals surface area (Å²) in [7, 11) is 0. The average Bonchev–Trinajstić information content (AvgIpc) is 2.83. The zero-order valence-electron chi connectivity index (χ0n) is 11.3. The fourth-order valence-corrected chi connectivity index (χ4v) is 2.92. The van der Waals surface area contributed by atoms with E-state index in [4.69, 9.17) is 5.73 Å². The van der Waals surface area contributed by atoms with Gasteiger partial charge in [0, 0.05) is 32.1 Å². The maximum absolute atomic E-state index is 12.2. The zero-order valence-corrected chi connectivity index (χ0v) is 12.1. The molecule has 0 radical (unpaired) electrons. The number of thiophene rings is 1. The monoisotopic (exact) mass is 281 g/mol. The second kappa shape index (κ2) is 5.61. The lowest BCUT2D eigenvalue weighted by molar-refractivity contribution is -0.135. The van der Waals surface area contributed by atoms with Crippen LogP contribution in [-0.4, -0.2) is 47.8 Å². The molecule has 0 unspecified atom stereocenters. The highest BCUT2D eigenvalue weighted by Gasteiger charge is 2.27. The zero-order chi connectivity index (χ0) is 14.0. The quantitative estimate of drug-likeness (QED) is 0.887. The molecule has 2 N–H and O–H groups in total. The summed E-state index contributed by atoms with van der Waals surface area (Å²) in [5.41, 5.74) is 6.30. The van der Waals surface area contributed by atoms with Crippen LogP contribution in [0.1, 0.15) is 23.5 Å². The maximum atomic E-state index is 12.2. The summed E-state index contributed by atoms with van der Waals surface area (Å²) in [5.74, 6) is 0.141. The fourth-order valence-electron chi connectivity index (χ4n) is 2.13. The smallest absolute Gasteiger partial charge is 0.266 e. The number of carbonyl (C=O) groups excluding carboxylic acids is 2. The van der Waals surface area contributed by atoms with Gasteiger partial charge in [0.2, 0.25) is 5.91 Å². The summed E-state index contributed by atoms with van der Waals surface area (Å²) in [4.78, 5) is 28.3. The summed E-state index contributed by atoms with van der Waals surface area (Å²) in [6.07, 6.45) is 0. The van der Waals surface area contributed by atoms with Crippen LogP contribution in [0.15, 0.2) is 11.4 Å². The summed E-state index contributed by atoms with van der Waals surface area (Å²) in [6, 6.07) is 1.75. The highest BCUT2D eigenvalue weighted by atomic mass is 32.1. The van der Waals surface area contributed by atoms with Gasteiger partial charge in [-0.15, -0.1) is 11.3 Å². The molecular weight excluding hydrogens is 262 g/mol. The first kappa shape index (κ1) is 13.9. The second-order valence-corrected chi connectivity index (χ2v) is 5.89. The minimum atomic E-state index is -0.0239. The molecule has 2 heterocycles. The Morgan fingerprint density at radius 1 is 1.21 bits per heavy atom. The molecule has 1 fully saturated rings. The highest BCUT2D eigenvalue weighted by molar-refractivity contribution is 7.12. The molecule has 6 heteroatoms. The van der Waals surface area contributed by atoms with Crippen molar-refractivity contribution in [2.75, 3.05) is 31.9 Å². The topological polar surface area (TPSA) is 66.6 Å². The summed E-state index contributed by atoms with van der Waals surface area (Å²) < 4.78 is 0. The van der Waals surface area contributed by atoms with Gasteiger partial charge in [-0.1, -0.05) is 13.8 Å². The van der Waals surface area contributed by atoms with Gasteiger partial charge in [-0.3, -0.25) is 9.59 Å². The Kier molecular flexibility index (Phi) is 4.09. The Hall–Kier alpha value is -1.56. The molecule has 0 spiro atoms. The van der Waals surface area contributed by atoms with Gasteiger partial charge >= 0.3 is 0 Å².